The van der Waals surface area contributed by atoms with Crippen molar-refractivity contribution in [2.45, 2.75) is 13.3 Å². The Kier molecular flexibility index (Phi) is 4.61. The van der Waals surface area contributed by atoms with E-state index in [1.807, 2.05) is 18.2 Å². The lowest BCUT2D eigenvalue weighted by Crippen LogP contribution is -1.84. The number of benzene rings is 2. The van der Waals surface area contributed by atoms with Gasteiger partial charge in [0.15, 0.2) is 0 Å². The van der Waals surface area contributed by atoms with Crippen LogP contribution in [-0.2, 0) is 6.42 Å². The lowest BCUT2D eigenvalue weighted by Gasteiger charge is -2.03. The molecule has 0 bridgehead atoms. The molecular weight excluding hydrogens is 326 g/mol. The highest BCUT2D eigenvalue weighted by molar-refractivity contribution is 9.10. The molecule has 0 aliphatic carbocycles. The van der Waals surface area contributed by atoms with E-state index in [4.69, 9.17) is 11.6 Å². The van der Waals surface area contributed by atoms with Gasteiger partial charge in [-0.05, 0) is 52.2 Å². The third-order valence-electron chi connectivity index (χ3n) is 2.73. The maximum Gasteiger partial charge on any atom is 0.138 e. The number of hydrogen-bond acceptors (Lipinski definition) is 2. The Morgan fingerprint density at radius 1 is 1.32 bits per heavy atom. The van der Waals surface area contributed by atoms with Crippen molar-refractivity contribution in [3.63, 3.8) is 0 Å². The van der Waals surface area contributed by atoms with Crippen molar-refractivity contribution in [3.05, 3.63) is 57.0 Å². The lowest BCUT2D eigenvalue weighted by molar-refractivity contribution is 0.471. The van der Waals surface area contributed by atoms with Crippen molar-refractivity contribution in [2.24, 2.45) is 4.99 Å². The van der Waals surface area contributed by atoms with E-state index in [1.165, 1.54) is 5.56 Å². The Bertz CT molecular complexity index is 626. The van der Waals surface area contributed by atoms with Gasteiger partial charge >= 0.3 is 0 Å². The smallest absolute Gasteiger partial charge is 0.138 e. The van der Waals surface area contributed by atoms with Crippen LogP contribution >= 0.6 is 27.5 Å². The van der Waals surface area contributed by atoms with Crippen molar-refractivity contribution < 1.29 is 5.11 Å². The molecule has 0 unspecified atom stereocenters. The van der Waals surface area contributed by atoms with Gasteiger partial charge in [-0.15, -0.1) is 0 Å². The van der Waals surface area contributed by atoms with Gasteiger partial charge in [-0.1, -0.05) is 30.7 Å². The van der Waals surface area contributed by atoms with Gasteiger partial charge in [-0.25, -0.2) is 0 Å². The van der Waals surface area contributed by atoms with E-state index in [0.717, 1.165) is 12.1 Å². The monoisotopic (exact) mass is 337 g/mol. The first kappa shape index (κ1) is 14.1. The standard InChI is InChI=1S/C15H13BrClNO/c1-2-10-4-3-5-13(6-10)18-9-11-7-12(17)8-14(16)15(11)19/h3-9,19H,2H2,1H3. The largest absolute Gasteiger partial charge is 0.506 e. The van der Waals surface area contributed by atoms with E-state index < -0.39 is 0 Å². The molecule has 2 rings (SSSR count). The maximum atomic E-state index is 9.90. The Morgan fingerprint density at radius 2 is 2.11 bits per heavy atom. The van der Waals surface area contributed by atoms with Gasteiger partial charge in [0.1, 0.15) is 5.75 Å². The quantitative estimate of drug-likeness (QED) is 0.774. The Labute approximate surface area is 125 Å². The number of rotatable bonds is 3. The van der Waals surface area contributed by atoms with E-state index >= 15 is 0 Å². The van der Waals surface area contributed by atoms with Crippen LogP contribution in [0.4, 0.5) is 5.69 Å². The molecule has 98 valence electrons. The number of hydrogen-bond donors (Lipinski definition) is 1. The molecule has 0 aromatic heterocycles. The average molecular weight is 339 g/mol. The van der Waals surface area contributed by atoms with Gasteiger partial charge in [0, 0.05) is 16.8 Å². The Hall–Kier alpha value is -1.32. The molecule has 19 heavy (non-hydrogen) atoms. The van der Waals surface area contributed by atoms with Gasteiger partial charge in [-0.3, -0.25) is 4.99 Å². The summed E-state index contributed by atoms with van der Waals surface area (Å²) in [7, 11) is 0. The molecule has 0 heterocycles. The second-order valence-corrected chi connectivity index (χ2v) is 5.40. The molecule has 0 spiro atoms. The molecule has 2 aromatic carbocycles. The molecule has 0 radical (unpaired) electrons. The molecule has 2 aromatic rings. The molecular formula is C15H13BrClNO. The normalized spacial score (nSPS) is 11.1. The van der Waals surface area contributed by atoms with Crippen molar-refractivity contribution in [3.8, 4) is 5.75 Å². The number of halogens is 2. The van der Waals surface area contributed by atoms with Gasteiger partial charge < -0.3 is 5.11 Å². The zero-order valence-electron chi connectivity index (χ0n) is 10.4. The first-order chi connectivity index (χ1) is 9.10. The summed E-state index contributed by atoms with van der Waals surface area (Å²) in [4.78, 5) is 4.36. The first-order valence-corrected chi connectivity index (χ1v) is 7.08. The van der Waals surface area contributed by atoms with Crippen molar-refractivity contribution in [2.75, 3.05) is 0 Å². The minimum absolute atomic E-state index is 0.139. The Balaban J connectivity index is 2.32. The Morgan fingerprint density at radius 3 is 2.84 bits per heavy atom. The molecule has 0 saturated heterocycles. The van der Waals surface area contributed by atoms with E-state index in [2.05, 4.69) is 33.9 Å². The molecule has 0 aliphatic rings. The van der Waals surface area contributed by atoms with E-state index in [0.29, 0.717) is 15.1 Å². The summed E-state index contributed by atoms with van der Waals surface area (Å²) in [5.41, 5.74) is 2.67. The van der Waals surface area contributed by atoms with Crippen LogP contribution in [0.25, 0.3) is 0 Å². The fourth-order valence-electron chi connectivity index (χ4n) is 1.69. The maximum absolute atomic E-state index is 9.90. The molecule has 0 saturated carbocycles. The predicted molar refractivity (Wildman–Crippen MR) is 83.9 cm³/mol. The lowest BCUT2D eigenvalue weighted by atomic mass is 10.1. The van der Waals surface area contributed by atoms with Crippen LogP contribution in [-0.4, -0.2) is 11.3 Å². The fourth-order valence-corrected chi connectivity index (χ4v) is 2.52. The third-order valence-corrected chi connectivity index (χ3v) is 3.55. The fraction of sp³-hybridized carbons (Fsp3) is 0.133. The van der Waals surface area contributed by atoms with Gasteiger partial charge in [-0.2, -0.15) is 0 Å². The molecule has 2 nitrogen and oxygen atoms in total. The minimum Gasteiger partial charge on any atom is -0.506 e. The van der Waals surface area contributed by atoms with Gasteiger partial charge in [0.2, 0.25) is 0 Å². The van der Waals surface area contributed by atoms with Crippen LogP contribution in [0, 0.1) is 0 Å². The summed E-state index contributed by atoms with van der Waals surface area (Å²) >= 11 is 9.20. The van der Waals surface area contributed by atoms with Gasteiger partial charge in [0.05, 0.1) is 10.2 Å². The van der Waals surface area contributed by atoms with Crippen molar-refractivity contribution in [1.82, 2.24) is 0 Å². The zero-order chi connectivity index (χ0) is 13.8. The summed E-state index contributed by atoms with van der Waals surface area (Å²) in [6.45, 7) is 2.10. The number of aliphatic imine (C=N–C) groups is 1. The number of nitrogens with zero attached hydrogens (tertiary/aromatic N) is 1. The topological polar surface area (TPSA) is 32.6 Å². The third kappa shape index (κ3) is 3.58. The highest BCUT2D eigenvalue weighted by Gasteiger charge is 2.05. The van der Waals surface area contributed by atoms with Crippen LogP contribution in [0.3, 0.4) is 0 Å². The molecule has 0 atom stereocenters. The molecule has 4 heteroatoms. The van der Waals surface area contributed by atoms with Crippen LogP contribution in [0.15, 0.2) is 45.9 Å². The van der Waals surface area contributed by atoms with E-state index in [1.54, 1.807) is 18.3 Å². The summed E-state index contributed by atoms with van der Waals surface area (Å²) < 4.78 is 0.559. The van der Waals surface area contributed by atoms with Crippen LogP contribution in [0.1, 0.15) is 18.1 Å². The highest BCUT2D eigenvalue weighted by Crippen LogP contribution is 2.30. The summed E-state index contributed by atoms with van der Waals surface area (Å²) in [6, 6.07) is 11.3. The van der Waals surface area contributed by atoms with Crippen molar-refractivity contribution in [1.29, 1.82) is 0 Å². The minimum atomic E-state index is 0.139. The van der Waals surface area contributed by atoms with Crippen molar-refractivity contribution >= 4 is 39.4 Å². The summed E-state index contributed by atoms with van der Waals surface area (Å²) in [6.07, 6.45) is 2.58. The summed E-state index contributed by atoms with van der Waals surface area (Å²) in [5, 5.41) is 10.5. The average Bonchev–Trinajstić information content (AvgIpc) is 2.41. The second kappa shape index (κ2) is 6.22. The SMILES string of the molecule is CCc1cccc(N=Cc2cc(Cl)cc(Br)c2O)c1. The number of aryl methyl sites for hydroxylation is 1. The zero-order valence-corrected chi connectivity index (χ0v) is 12.7. The molecule has 0 fully saturated rings. The number of aromatic hydroxyl groups is 1. The molecule has 0 amide bonds. The molecule has 1 N–H and O–H groups in total. The second-order valence-electron chi connectivity index (χ2n) is 4.11. The summed E-state index contributed by atoms with van der Waals surface area (Å²) in [5.74, 6) is 0.139. The number of phenols is 1. The van der Waals surface area contributed by atoms with Gasteiger partial charge in [0.25, 0.3) is 0 Å². The predicted octanol–water partition coefficient (Wildman–Crippen LogP) is 5.12. The van der Waals surface area contributed by atoms with Crippen LogP contribution in [0.5, 0.6) is 5.75 Å². The van der Waals surface area contributed by atoms with E-state index in [9.17, 15) is 5.11 Å². The van der Waals surface area contributed by atoms with Crippen LogP contribution < -0.4 is 0 Å². The number of phenolic OH excluding ortho intramolecular Hbond substituents is 1. The highest BCUT2D eigenvalue weighted by atomic mass is 79.9. The van der Waals surface area contributed by atoms with E-state index in [-0.39, 0.29) is 5.75 Å². The van der Waals surface area contributed by atoms with Crippen LogP contribution in [0.2, 0.25) is 5.02 Å². The first-order valence-electron chi connectivity index (χ1n) is 5.91. The molecule has 0 aliphatic heterocycles.